The van der Waals surface area contributed by atoms with Crippen molar-refractivity contribution < 1.29 is 9.59 Å². The van der Waals surface area contributed by atoms with E-state index in [4.69, 9.17) is 17.2 Å². The van der Waals surface area contributed by atoms with E-state index in [1.165, 1.54) is 0 Å². The van der Waals surface area contributed by atoms with Gasteiger partial charge in [-0.25, -0.2) is 0 Å². The van der Waals surface area contributed by atoms with Crippen molar-refractivity contribution in [3.8, 4) is 22.3 Å². The molecule has 4 aromatic carbocycles. The fourth-order valence-electron chi connectivity index (χ4n) is 5.22. The fraction of sp³-hybridized carbons (Fsp3) is 0.125. The smallest absolute Gasteiger partial charge is 0.225 e. The molecule has 0 saturated carbocycles. The minimum atomic E-state index is -0.462. The molecule has 9 N–H and O–H groups in total. The standard InChI is InChI=1S/C32H30N6O2.2ClH/c33-12-11-32(40)36-23-6-1-18(2-7-23)20-4-9-28-24(14-20)25-15-21(5-10-29(25)38-28)19-3-8-27-22(13-19)16-30(37-27)26(34)17-31(35)39;;/h1-10,13-16,26,37-38H,11-12,17,33-34H2,(H2,35,39)(H,36,40);2*1H. The second-order valence-electron chi connectivity index (χ2n) is 10.1. The predicted molar refractivity (Wildman–Crippen MR) is 176 cm³/mol. The molecule has 0 aliphatic rings. The third-order valence-corrected chi connectivity index (χ3v) is 7.27. The zero-order chi connectivity index (χ0) is 27.8. The van der Waals surface area contributed by atoms with Gasteiger partial charge in [0.2, 0.25) is 11.8 Å². The van der Waals surface area contributed by atoms with E-state index in [9.17, 15) is 9.59 Å². The van der Waals surface area contributed by atoms with Crippen molar-refractivity contribution >= 4 is 75.0 Å². The normalized spacial score (nSPS) is 11.7. The number of nitrogens with two attached hydrogens (primary N) is 3. The van der Waals surface area contributed by atoms with Gasteiger partial charge in [-0.1, -0.05) is 30.3 Å². The number of carbonyl (C=O) groups is 2. The van der Waals surface area contributed by atoms with Crippen LogP contribution in [-0.4, -0.2) is 28.3 Å². The number of anilines is 1. The number of aromatic amines is 2. The van der Waals surface area contributed by atoms with Crippen LogP contribution < -0.4 is 22.5 Å². The van der Waals surface area contributed by atoms with E-state index < -0.39 is 11.9 Å². The van der Waals surface area contributed by atoms with Gasteiger partial charge in [0.05, 0.1) is 6.04 Å². The van der Waals surface area contributed by atoms with Crippen molar-refractivity contribution in [2.75, 3.05) is 11.9 Å². The molecule has 0 aliphatic heterocycles. The van der Waals surface area contributed by atoms with Gasteiger partial charge < -0.3 is 32.5 Å². The predicted octanol–water partition coefficient (Wildman–Crippen LogP) is 6.14. The summed E-state index contributed by atoms with van der Waals surface area (Å²) in [4.78, 5) is 30.0. The van der Waals surface area contributed by atoms with Gasteiger partial charge in [-0.2, -0.15) is 0 Å². The zero-order valence-corrected chi connectivity index (χ0v) is 24.3. The molecule has 8 nitrogen and oxygen atoms in total. The monoisotopic (exact) mass is 602 g/mol. The van der Waals surface area contributed by atoms with Crippen molar-refractivity contribution in [2.24, 2.45) is 17.2 Å². The Morgan fingerprint density at radius 2 is 1.26 bits per heavy atom. The molecule has 1 unspecified atom stereocenters. The molecule has 2 aromatic heterocycles. The molecular weight excluding hydrogens is 571 g/mol. The number of primary amides is 1. The lowest BCUT2D eigenvalue weighted by Gasteiger charge is -2.07. The maximum absolute atomic E-state index is 11.8. The van der Waals surface area contributed by atoms with Crippen LogP contribution in [0.2, 0.25) is 0 Å². The number of hydrogen-bond acceptors (Lipinski definition) is 4. The molecule has 0 spiro atoms. The molecule has 1 atom stereocenters. The number of benzene rings is 4. The lowest BCUT2D eigenvalue weighted by Crippen LogP contribution is -2.20. The maximum Gasteiger partial charge on any atom is 0.225 e. The number of hydrogen-bond donors (Lipinski definition) is 6. The molecule has 6 rings (SSSR count). The lowest BCUT2D eigenvalue weighted by molar-refractivity contribution is -0.118. The molecule has 10 heteroatoms. The van der Waals surface area contributed by atoms with Crippen LogP contribution in [0.15, 0.2) is 84.9 Å². The van der Waals surface area contributed by atoms with E-state index >= 15 is 0 Å². The molecule has 0 bridgehead atoms. The van der Waals surface area contributed by atoms with Crippen molar-refractivity contribution in [2.45, 2.75) is 18.9 Å². The van der Waals surface area contributed by atoms with E-state index in [0.717, 1.165) is 66.3 Å². The average molecular weight is 604 g/mol. The quantitative estimate of drug-likeness (QED) is 0.124. The van der Waals surface area contributed by atoms with Gasteiger partial charge in [-0.3, -0.25) is 9.59 Å². The summed E-state index contributed by atoms with van der Waals surface area (Å²) in [6, 6.07) is 28.4. The number of amides is 2. The number of fused-ring (bicyclic) bond motifs is 4. The summed E-state index contributed by atoms with van der Waals surface area (Å²) in [6.07, 6.45) is 0.389. The molecule has 2 amide bonds. The van der Waals surface area contributed by atoms with Gasteiger partial charge in [0, 0.05) is 63.5 Å². The van der Waals surface area contributed by atoms with Gasteiger partial charge in [0.25, 0.3) is 0 Å². The average Bonchev–Trinajstić information content (AvgIpc) is 3.53. The summed E-state index contributed by atoms with van der Waals surface area (Å²) in [5, 5.41) is 6.17. The highest BCUT2D eigenvalue weighted by atomic mass is 35.5. The first kappa shape index (κ1) is 30.6. The van der Waals surface area contributed by atoms with Crippen LogP contribution >= 0.6 is 24.8 Å². The summed E-state index contributed by atoms with van der Waals surface area (Å²) < 4.78 is 0. The van der Waals surface area contributed by atoms with Crippen LogP contribution in [-0.2, 0) is 9.59 Å². The van der Waals surface area contributed by atoms with E-state index in [0.29, 0.717) is 13.0 Å². The molecule has 0 aliphatic carbocycles. The highest BCUT2D eigenvalue weighted by molar-refractivity contribution is 6.10. The van der Waals surface area contributed by atoms with Crippen molar-refractivity contribution in [1.29, 1.82) is 0 Å². The molecule has 6 aromatic rings. The minimum Gasteiger partial charge on any atom is -0.370 e. The third kappa shape index (κ3) is 6.12. The summed E-state index contributed by atoms with van der Waals surface area (Å²) in [6.45, 7) is 0.324. The van der Waals surface area contributed by atoms with Crippen LogP contribution in [0.5, 0.6) is 0 Å². The molecule has 0 saturated heterocycles. The first-order valence-electron chi connectivity index (χ1n) is 13.2. The van der Waals surface area contributed by atoms with E-state index in [1.807, 2.05) is 36.4 Å². The summed E-state index contributed by atoms with van der Waals surface area (Å²) in [5.41, 5.74) is 25.9. The first-order chi connectivity index (χ1) is 19.4. The largest absolute Gasteiger partial charge is 0.370 e. The Morgan fingerprint density at radius 1 is 0.714 bits per heavy atom. The fourth-order valence-corrected chi connectivity index (χ4v) is 5.22. The van der Waals surface area contributed by atoms with Crippen LogP contribution in [0, 0.1) is 0 Å². The number of halogens is 2. The number of aromatic nitrogens is 2. The maximum atomic E-state index is 11.8. The topological polar surface area (TPSA) is 156 Å². The Labute approximate surface area is 254 Å². The molecule has 0 fully saturated rings. The molecule has 2 heterocycles. The van der Waals surface area contributed by atoms with E-state index in [1.54, 1.807) is 0 Å². The van der Waals surface area contributed by atoms with Crippen molar-refractivity contribution in [3.63, 3.8) is 0 Å². The minimum absolute atomic E-state index is 0. The van der Waals surface area contributed by atoms with Gasteiger partial charge in [-0.15, -0.1) is 24.8 Å². The Hall–Kier alpha value is -4.34. The third-order valence-electron chi connectivity index (χ3n) is 7.27. The Balaban J connectivity index is 0.00000202. The van der Waals surface area contributed by atoms with Crippen LogP contribution in [0.4, 0.5) is 5.69 Å². The molecule has 42 heavy (non-hydrogen) atoms. The summed E-state index contributed by atoms with van der Waals surface area (Å²) in [5.74, 6) is -0.514. The lowest BCUT2D eigenvalue weighted by atomic mass is 9.99. The second kappa shape index (κ2) is 12.7. The molecular formula is C32H32Cl2N6O2. The van der Waals surface area contributed by atoms with Gasteiger partial charge >= 0.3 is 0 Å². The van der Waals surface area contributed by atoms with Gasteiger partial charge in [0.15, 0.2) is 0 Å². The number of carbonyl (C=O) groups excluding carboxylic acids is 2. The highest BCUT2D eigenvalue weighted by Gasteiger charge is 2.14. The highest BCUT2D eigenvalue weighted by Crippen LogP contribution is 2.34. The van der Waals surface area contributed by atoms with E-state index in [-0.39, 0.29) is 37.1 Å². The number of rotatable bonds is 8. The summed E-state index contributed by atoms with van der Waals surface area (Å²) >= 11 is 0. The summed E-state index contributed by atoms with van der Waals surface area (Å²) in [7, 11) is 0. The zero-order valence-electron chi connectivity index (χ0n) is 22.6. The first-order valence-corrected chi connectivity index (χ1v) is 13.2. The van der Waals surface area contributed by atoms with Crippen LogP contribution in [0.3, 0.4) is 0 Å². The molecule has 0 radical (unpaired) electrons. The Morgan fingerprint density at radius 3 is 1.86 bits per heavy atom. The van der Waals surface area contributed by atoms with Crippen LogP contribution in [0.25, 0.3) is 55.0 Å². The Kier molecular flexibility index (Phi) is 9.23. The number of nitrogens with one attached hydrogen (secondary N) is 3. The van der Waals surface area contributed by atoms with Gasteiger partial charge in [-0.05, 0) is 76.9 Å². The van der Waals surface area contributed by atoms with E-state index in [2.05, 4.69) is 63.8 Å². The molecule has 216 valence electrons. The van der Waals surface area contributed by atoms with Crippen molar-refractivity contribution in [3.05, 3.63) is 90.6 Å². The van der Waals surface area contributed by atoms with Crippen molar-refractivity contribution in [1.82, 2.24) is 9.97 Å². The van der Waals surface area contributed by atoms with Crippen LogP contribution in [0.1, 0.15) is 24.6 Å². The SMILES string of the molecule is Cl.Cl.NCCC(=O)Nc1ccc(-c2ccc3[nH]c4ccc(-c5ccc6[nH]c(C(N)CC(N)=O)cc6c5)cc4c3c2)cc1. The van der Waals surface area contributed by atoms with Gasteiger partial charge in [0.1, 0.15) is 0 Å². The second-order valence-corrected chi connectivity index (χ2v) is 10.1. The number of H-pyrrole nitrogens is 2. The Bertz CT molecular complexity index is 1890.